The summed E-state index contributed by atoms with van der Waals surface area (Å²) in [6.07, 6.45) is 0.995. The molecule has 3 aromatic rings. The van der Waals surface area contributed by atoms with Gasteiger partial charge >= 0.3 is 0 Å². The van der Waals surface area contributed by atoms with Crippen molar-refractivity contribution in [2.75, 3.05) is 6.54 Å². The van der Waals surface area contributed by atoms with Crippen LogP contribution in [0.15, 0.2) is 53.1 Å². The molecule has 0 saturated heterocycles. The molecule has 0 unspecified atom stereocenters. The molecule has 2 aromatic carbocycles. The standard InChI is InChI=1S/C20H19N3O3/c24-18(23-12-14-6-1-2-7-15(14)13-23)10-5-11-21-20(25)19-16-8-3-4-9-17(16)22-26-19/h1-4,6-9H,5,10-13H2,(H,21,25). The zero-order valence-corrected chi connectivity index (χ0v) is 14.3. The van der Waals surface area contributed by atoms with Crippen molar-refractivity contribution in [1.29, 1.82) is 0 Å². The van der Waals surface area contributed by atoms with E-state index < -0.39 is 0 Å². The van der Waals surface area contributed by atoms with Crippen LogP contribution in [-0.4, -0.2) is 28.4 Å². The SMILES string of the molecule is O=C(NCCCC(=O)N1Cc2ccccc2C1)c1onc2ccccc12. The van der Waals surface area contributed by atoms with Crippen molar-refractivity contribution in [3.05, 3.63) is 65.4 Å². The van der Waals surface area contributed by atoms with Gasteiger partial charge in [0.2, 0.25) is 11.7 Å². The van der Waals surface area contributed by atoms with E-state index >= 15 is 0 Å². The number of fused-ring (bicyclic) bond motifs is 2. The molecule has 26 heavy (non-hydrogen) atoms. The second-order valence-corrected chi connectivity index (χ2v) is 6.41. The highest BCUT2D eigenvalue weighted by Crippen LogP contribution is 2.23. The Morgan fingerprint density at radius 3 is 2.50 bits per heavy atom. The molecule has 4 rings (SSSR count). The highest BCUT2D eigenvalue weighted by Gasteiger charge is 2.22. The minimum atomic E-state index is -0.306. The molecule has 0 bridgehead atoms. The van der Waals surface area contributed by atoms with Gasteiger partial charge in [0.25, 0.3) is 5.91 Å². The van der Waals surface area contributed by atoms with Crippen LogP contribution in [0.3, 0.4) is 0 Å². The predicted octanol–water partition coefficient (Wildman–Crippen LogP) is 2.88. The molecule has 0 saturated carbocycles. The van der Waals surface area contributed by atoms with Crippen molar-refractivity contribution in [3.8, 4) is 0 Å². The van der Waals surface area contributed by atoms with Crippen LogP contribution in [0.2, 0.25) is 0 Å². The Kier molecular flexibility index (Phi) is 4.39. The Hall–Kier alpha value is -3.15. The lowest BCUT2D eigenvalue weighted by Crippen LogP contribution is -2.28. The van der Waals surface area contributed by atoms with Crippen LogP contribution in [-0.2, 0) is 17.9 Å². The normalized spacial score (nSPS) is 13.0. The molecule has 2 heterocycles. The predicted molar refractivity (Wildman–Crippen MR) is 96.3 cm³/mol. The van der Waals surface area contributed by atoms with Crippen molar-refractivity contribution in [2.45, 2.75) is 25.9 Å². The van der Waals surface area contributed by atoms with E-state index in [-0.39, 0.29) is 17.6 Å². The van der Waals surface area contributed by atoms with E-state index in [2.05, 4.69) is 22.6 Å². The van der Waals surface area contributed by atoms with E-state index in [9.17, 15) is 9.59 Å². The second-order valence-electron chi connectivity index (χ2n) is 6.41. The maximum absolute atomic E-state index is 12.3. The van der Waals surface area contributed by atoms with Gasteiger partial charge in [-0.3, -0.25) is 9.59 Å². The molecule has 0 atom stereocenters. The molecular weight excluding hydrogens is 330 g/mol. The summed E-state index contributed by atoms with van der Waals surface area (Å²) in [4.78, 5) is 26.4. The van der Waals surface area contributed by atoms with E-state index in [0.29, 0.717) is 43.4 Å². The number of aromatic nitrogens is 1. The number of hydrogen-bond donors (Lipinski definition) is 1. The fraction of sp³-hybridized carbons (Fsp3) is 0.250. The van der Waals surface area contributed by atoms with Gasteiger partial charge in [-0.05, 0) is 29.7 Å². The Morgan fingerprint density at radius 2 is 1.73 bits per heavy atom. The van der Waals surface area contributed by atoms with Gasteiger partial charge in [-0.2, -0.15) is 0 Å². The highest BCUT2D eigenvalue weighted by atomic mass is 16.5. The minimum Gasteiger partial charge on any atom is -0.350 e. The highest BCUT2D eigenvalue weighted by molar-refractivity contribution is 6.03. The first-order chi connectivity index (χ1) is 12.7. The number of amides is 2. The van der Waals surface area contributed by atoms with Gasteiger partial charge in [0.15, 0.2) is 0 Å². The van der Waals surface area contributed by atoms with Gasteiger partial charge in [-0.25, -0.2) is 0 Å². The molecule has 6 heteroatoms. The average Bonchev–Trinajstić information content (AvgIpc) is 3.29. The summed E-state index contributed by atoms with van der Waals surface area (Å²) in [7, 11) is 0. The van der Waals surface area contributed by atoms with Crippen LogP contribution in [0.4, 0.5) is 0 Å². The fourth-order valence-electron chi connectivity index (χ4n) is 3.24. The molecule has 0 spiro atoms. The van der Waals surface area contributed by atoms with Crippen molar-refractivity contribution < 1.29 is 14.1 Å². The molecule has 0 fully saturated rings. The summed E-state index contributed by atoms with van der Waals surface area (Å²) in [5.74, 6) is 0.0159. The largest absolute Gasteiger partial charge is 0.350 e. The van der Waals surface area contributed by atoms with Gasteiger partial charge < -0.3 is 14.7 Å². The Labute approximate surface area is 150 Å². The summed E-state index contributed by atoms with van der Waals surface area (Å²) in [5.41, 5.74) is 3.08. The number of benzene rings is 2. The topological polar surface area (TPSA) is 75.4 Å². The van der Waals surface area contributed by atoms with E-state index in [0.717, 1.165) is 0 Å². The number of carbonyl (C=O) groups is 2. The van der Waals surface area contributed by atoms with Crippen molar-refractivity contribution in [1.82, 2.24) is 15.4 Å². The van der Waals surface area contributed by atoms with Gasteiger partial charge in [0, 0.05) is 26.1 Å². The third-order valence-electron chi connectivity index (χ3n) is 4.64. The lowest BCUT2D eigenvalue weighted by atomic mass is 10.1. The number of nitrogens with one attached hydrogen (secondary N) is 1. The zero-order chi connectivity index (χ0) is 17.9. The van der Waals surface area contributed by atoms with Gasteiger partial charge in [0.1, 0.15) is 5.52 Å². The van der Waals surface area contributed by atoms with E-state index in [1.165, 1.54) is 11.1 Å². The van der Waals surface area contributed by atoms with Gasteiger partial charge in [0.05, 0.1) is 5.39 Å². The van der Waals surface area contributed by atoms with Crippen molar-refractivity contribution in [3.63, 3.8) is 0 Å². The quantitative estimate of drug-likeness (QED) is 0.719. The number of rotatable bonds is 5. The van der Waals surface area contributed by atoms with Crippen molar-refractivity contribution in [2.24, 2.45) is 0 Å². The molecule has 1 aliphatic heterocycles. The minimum absolute atomic E-state index is 0.112. The monoisotopic (exact) mass is 349 g/mol. The first kappa shape index (κ1) is 16.3. The summed E-state index contributed by atoms with van der Waals surface area (Å²) < 4.78 is 5.13. The van der Waals surface area contributed by atoms with Gasteiger partial charge in [-0.15, -0.1) is 0 Å². The summed E-state index contributed by atoms with van der Waals surface area (Å²) in [5, 5.41) is 7.36. The van der Waals surface area contributed by atoms with E-state index in [1.54, 1.807) is 12.1 Å². The molecule has 1 N–H and O–H groups in total. The maximum Gasteiger partial charge on any atom is 0.290 e. The summed E-state index contributed by atoms with van der Waals surface area (Å²) in [6, 6.07) is 15.4. The molecule has 0 radical (unpaired) electrons. The smallest absolute Gasteiger partial charge is 0.290 e. The lowest BCUT2D eigenvalue weighted by Gasteiger charge is -2.15. The molecule has 0 aliphatic carbocycles. The first-order valence-corrected chi connectivity index (χ1v) is 8.69. The van der Waals surface area contributed by atoms with Crippen LogP contribution in [0.1, 0.15) is 34.5 Å². The number of nitrogens with zero attached hydrogens (tertiary/aromatic N) is 2. The number of hydrogen-bond acceptors (Lipinski definition) is 4. The van der Waals surface area contributed by atoms with Crippen LogP contribution in [0, 0.1) is 0 Å². The van der Waals surface area contributed by atoms with Crippen LogP contribution < -0.4 is 5.32 Å². The molecule has 2 amide bonds. The molecule has 6 nitrogen and oxygen atoms in total. The van der Waals surface area contributed by atoms with Crippen LogP contribution in [0.5, 0.6) is 0 Å². The van der Waals surface area contributed by atoms with E-state index in [1.807, 2.05) is 29.2 Å². The first-order valence-electron chi connectivity index (χ1n) is 8.69. The third-order valence-corrected chi connectivity index (χ3v) is 4.64. The maximum atomic E-state index is 12.3. The summed E-state index contributed by atoms with van der Waals surface area (Å²) >= 11 is 0. The Balaban J connectivity index is 1.25. The Bertz CT molecular complexity index is 939. The number of carbonyl (C=O) groups excluding carboxylic acids is 2. The molecule has 1 aliphatic rings. The third kappa shape index (κ3) is 3.18. The van der Waals surface area contributed by atoms with Gasteiger partial charge in [-0.1, -0.05) is 41.6 Å². The van der Waals surface area contributed by atoms with Crippen LogP contribution >= 0.6 is 0 Å². The molecule has 132 valence electrons. The van der Waals surface area contributed by atoms with Crippen LogP contribution in [0.25, 0.3) is 10.9 Å². The fourth-order valence-corrected chi connectivity index (χ4v) is 3.24. The van der Waals surface area contributed by atoms with Crippen molar-refractivity contribution >= 4 is 22.7 Å². The second kappa shape index (κ2) is 7.00. The molecular formula is C20H19N3O3. The Morgan fingerprint density at radius 1 is 1.04 bits per heavy atom. The average molecular weight is 349 g/mol. The zero-order valence-electron chi connectivity index (χ0n) is 14.3. The molecule has 1 aromatic heterocycles. The van der Waals surface area contributed by atoms with E-state index in [4.69, 9.17) is 4.52 Å². The lowest BCUT2D eigenvalue weighted by molar-refractivity contribution is -0.131. The summed E-state index contributed by atoms with van der Waals surface area (Å²) in [6.45, 7) is 1.76.